The molecule has 0 aliphatic carbocycles. The van der Waals surface area contributed by atoms with Gasteiger partial charge in [0.2, 0.25) is 0 Å². The van der Waals surface area contributed by atoms with Crippen molar-refractivity contribution in [3.63, 3.8) is 0 Å². The van der Waals surface area contributed by atoms with Crippen LogP contribution >= 0.6 is 0 Å². The normalized spacial score (nSPS) is 14.4. The van der Waals surface area contributed by atoms with Gasteiger partial charge in [-0.05, 0) is 29.6 Å². The van der Waals surface area contributed by atoms with E-state index in [4.69, 9.17) is 5.32 Å². The maximum Gasteiger partial charge on any atom is 1.00 e. The van der Waals surface area contributed by atoms with Crippen molar-refractivity contribution in [2.45, 2.75) is 191 Å². The van der Waals surface area contributed by atoms with E-state index in [0.29, 0.717) is 0 Å². The van der Waals surface area contributed by atoms with Gasteiger partial charge in [-0.2, -0.15) is 0 Å². The smallest absolute Gasteiger partial charge is 0.662 e. The molecule has 0 N–H and O–H groups in total. The third-order valence-electron chi connectivity index (χ3n) is 8.34. The first-order valence-corrected chi connectivity index (χ1v) is 17.4. The van der Waals surface area contributed by atoms with Gasteiger partial charge in [0.05, 0.1) is 0 Å². The minimum atomic E-state index is 0. The Morgan fingerprint density at radius 2 is 0.763 bits per heavy atom. The largest absolute Gasteiger partial charge is 1.00 e. The molecule has 4 atom stereocenters. The van der Waals surface area contributed by atoms with Gasteiger partial charge in [-0.1, -0.05) is 191 Å². The van der Waals surface area contributed by atoms with E-state index in [9.17, 15) is 0 Å². The van der Waals surface area contributed by atoms with Crippen LogP contribution in [0.5, 0.6) is 0 Å². The van der Waals surface area contributed by atoms with Gasteiger partial charge in [-0.3, -0.25) is 0 Å². The van der Waals surface area contributed by atoms with Crippen LogP contribution in [0, 0.1) is 29.6 Å². The van der Waals surface area contributed by atoms with Gasteiger partial charge in [0.1, 0.15) is 0 Å². The first kappa shape index (κ1) is 44.0. The molecule has 4 unspecified atom stereocenters. The summed E-state index contributed by atoms with van der Waals surface area (Å²) < 4.78 is 0. The molecule has 2 heteroatoms. The predicted molar refractivity (Wildman–Crippen MR) is 174 cm³/mol. The average Bonchev–Trinajstić information content (AvgIpc) is 2.85. The SMILES string of the molecule is CCCC.CCCC(C)CCCC(C)CCCCC(C)CCCC(C)CC[N-]CCCCCCC(C)C.[K+]. The van der Waals surface area contributed by atoms with E-state index in [1.165, 1.54) is 128 Å². The molecule has 0 spiro atoms. The van der Waals surface area contributed by atoms with E-state index in [2.05, 4.69) is 62.3 Å². The fraction of sp³-hybridized carbons (Fsp3) is 1.00. The quantitative estimate of drug-likeness (QED) is 0.0736. The second kappa shape index (κ2) is 34.8. The third-order valence-corrected chi connectivity index (χ3v) is 8.34. The standard InChI is InChI=1S/C32H66N.C4H10.K/c1-8-17-29(4)21-15-22-30(5)19-12-13-20-31(6)23-16-24-32(7)25-27-33-26-14-10-9-11-18-28(2)3;1-3-4-2;/h28-32H,8-27H2,1-7H3;3-4H2,1-2H3;/q-1;;+1. The molecule has 0 rings (SSSR count). The van der Waals surface area contributed by atoms with Crippen molar-refractivity contribution in [2.75, 3.05) is 13.1 Å². The Morgan fingerprint density at radius 1 is 0.368 bits per heavy atom. The summed E-state index contributed by atoms with van der Waals surface area (Å²) in [7, 11) is 0. The molecule has 0 saturated carbocycles. The number of nitrogens with zero attached hydrogens (tertiary/aromatic N) is 1. The molecule has 0 amide bonds. The average molecular weight is 562 g/mol. The molecule has 0 heterocycles. The van der Waals surface area contributed by atoms with Crippen LogP contribution in [0.15, 0.2) is 0 Å². The van der Waals surface area contributed by atoms with Crippen molar-refractivity contribution in [2.24, 2.45) is 29.6 Å². The zero-order valence-electron chi connectivity index (χ0n) is 28.9. The molecule has 38 heavy (non-hydrogen) atoms. The summed E-state index contributed by atoms with van der Waals surface area (Å²) in [6, 6.07) is 0. The summed E-state index contributed by atoms with van der Waals surface area (Å²) >= 11 is 0. The Balaban J connectivity index is -0.00000227. The summed E-state index contributed by atoms with van der Waals surface area (Å²) in [5.41, 5.74) is 0. The molecular weight excluding hydrogens is 486 g/mol. The first-order chi connectivity index (χ1) is 17.8. The Labute approximate surface area is 287 Å². The topological polar surface area (TPSA) is 14.1 Å². The summed E-state index contributed by atoms with van der Waals surface area (Å²) in [6.45, 7) is 23.4. The molecule has 0 aromatic heterocycles. The number of hydrogen-bond acceptors (Lipinski definition) is 0. The van der Waals surface area contributed by atoms with Crippen LogP contribution in [-0.4, -0.2) is 13.1 Å². The molecule has 226 valence electrons. The molecule has 0 aliphatic heterocycles. The maximum atomic E-state index is 4.79. The van der Waals surface area contributed by atoms with Crippen LogP contribution in [0.3, 0.4) is 0 Å². The first-order valence-electron chi connectivity index (χ1n) is 17.4. The van der Waals surface area contributed by atoms with Crippen LogP contribution in [0.25, 0.3) is 5.32 Å². The van der Waals surface area contributed by atoms with Crippen LogP contribution in [-0.2, 0) is 0 Å². The van der Waals surface area contributed by atoms with Gasteiger partial charge < -0.3 is 5.32 Å². The molecule has 0 saturated heterocycles. The van der Waals surface area contributed by atoms with Gasteiger partial charge >= 0.3 is 51.4 Å². The fourth-order valence-electron chi connectivity index (χ4n) is 5.24. The minimum absolute atomic E-state index is 0. The van der Waals surface area contributed by atoms with E-state index in [0.717, 1.165) is 42.7 Å². The van der Waals surface area contributed by atoms with Gasteiger partial charge in [0, 0.05) is 0 Å². The van der Waals surface area contributed by atoms with E-state index in [1.807, 2.05) is 0 Å². The van der Waals surface area contributed by atoms with Crippen LogP contribution in [0.1, 0.15) is 191 Å². The fourth-order valence-corrected chi connectivity index (χ4v) is 5.24. The molecule has 0 radical (unpaired) electrons. The van der Waals surface area contributed by atoms with Gasteiger partial charge in [-0.25, -0.2) is 0 Å². The van der Waals surface area contributed by atoms with Crippen LogP contribution in [0.4, 0.5) is 0 Å². The molecular formula is C36H76KN. The summed E-state index contributed by atoms with van der Waals surface area (Å²) in [6.07, 6.45) is 28.0. The zero-order valence-corrected chi connectivity index (χ0v) is 32.0. The Hall–Kier alpha value is 1.60. The van der Waals surface area contributed by atoms with Crippen molar-refractivity contribution >= 4 is 0 Å². The van der Waals surface area contributed by atoms with Crippen LogP contribution < -0.4 is 51.4 Å². The Kier molecular flexibility index (Phi) is 40.3. The van der Waals surface area contributed by atoms with E-state index in [1.54, 1.807) is 0 Å². The van der Waals surface area contributed by atoms with Gasteiger partial charge in [0.15, 0.2) is 0 Å². The summed E-state index contributed by atoms with van der Waals surface area (Å²) in [5.74, 6) is 4.52. The molecule has 0 aliphatic rings. The monoisotopic (exact) mass is 562 g/mol. The van der Waals surface area contributed by atoms with Crippen molar-refractivity contribution in [3.05, 3.63) is 5.32 Å². The summed E-state index contributed by atoms with van der Waals surface area (Å²) in [5, 5.41) is 4.79. The molecule has 0 fully saturated rings. The van der Waals surface area contributed by atoms with Crippen molar-refractivity contribution < 1.29 is 51.4 Å². The number of unbranched alkanes of at least 4 members (excludes halogenated alkanes) is 5. The van der Waals surface area contributed by atoms with E-state index in [-0.39, 0.29) is 51.4 Å². The Bertz CT molecular complexity index is 408. The Morgan fingerprint density at radius 3 is 1.21 bits per heavy atom. The van der Waals surface area contributed by atoms with Crippen molar-refractivity contribution in [3.8, 4) is 0 Å². The summed E-state index contributed by atoms with van der Waals surface area (Å²) in [4.78, 5) is 0. The maximum absolute atomic E-state index is 4.79. The third kappa shape index (κ3) is 37.6. The van der Waals surface area contributed by atoms with E-state index < -0.39 is 0 Å². The predicted octanol–water partition coefficient (Wildman–Crippen LogP) is 10.4. The number of hydrogen-bond donors (Lipinski definition) is 0. The number of rotatable bonds is 26. The zero-order chi connectivity index (χ0) is 28.2. The second-order valence-electron chi connectivity index (χ2n) is 13.4. The van der Waals surface area contributed by atoms with E-state index >= 15 is 0 Å². The minimum Gasteiger partial charge on any atom is -0.662 e. The molecule has 0 bridgehead atoms. The van der Waals surface area contributed by atoms with Crippen molar-refractivity contribution in [1.82, 2.24) is 0 Å². The molecule has 0 aromatic rings. The van der Waals surface area contributed by atoms with Gasteiger partial charge in [0.25, 0.3) is 0 Å². The second-order valence-corrected chi connectivity index (χ2v) is 13.4. The molecule has 1 nitrogen and oxygen atoms in total. The molecule has 0 aromatic carbocycles. The van der Waals surface area contributed by atoms with Crippen molar-refractivity contribution in [1.29, 1.82) is 0 Å². The van der Waals surface area contributed by atoms with Crippen LogP contribution in [0.2, 0.25) is 0 Å². The van der Waals surface area contributed by atoms with Gasteiger partial charge in [-0.15, -0.1) is 13.1 Å².